The minimum Gasteiger partial charge on any atom is -0.357 e. The SMILES string of the molecule is CCNC(=O)CN=C(NCC)NC(C)C(C)C.I. The number of aliphatic imine (C=N–C) groups is 1. The molecule has 1 atom stereocenters. The van der Waals surface area contributed by atoms with E-state index in [-0.39, 0.29) is 36.4 Å². The Morgan fingerprint density at radius 2 is 1.67 bits per heavy atom. The van der Waals surface area contributed by atoms with Crippen LogP contribution in [0, 0.1) is 5.92 Å². The molecule has 18 heavy (non-hydrogen) atoms. The summed E-state index contributed by atoms with van der Waals surface area (Å²) < 4.78 is 0. The summed E-state index contributed by atoms with van der Waals surface area (Å²) in [6.07, 6.45) is 0. The van der Waals surface area contributed by atoms with Gasteiger partial charge in [0.1, 0.15) is 6.54 Å². The van der Waals surface area contributed by atoms with Crippen LogP contribution in [-0.2, 0) is 4.79 Å². The Morgan fingerprint density at radius 1 is 1.11 bits per heavy atom. The minimum atomic E-state index is -0.0538. The van der Waals surface area contributed by atoms with E-state index in [4.69, 9.17) is 0 Å². The van der Waals surface area contributed by atoms with Gasteiger partial charge in [0.2, 0.25) is 5.91 Å². The van der Waals surface area contributed by atoms with Gasteiger partial charge in [0.05, 0.1) is 0 Å². The molecule has 0 fully saturated rings. The molecule has 1 unspecified atom stereocenters. The minimum absolute atomic E-state index is 0. The normalized spacial score (nSPS) is 12.7. The third-order valence-corrected chi connectivity index (χ3v) is 2.46. The highest BCUT2D eigenvalue weighted by Gasteiger charge is 2.09. The van der Waals surface area contributed by atoms with Gasteiger partial charge in [-0.2, -0.15) is 0 Å². The lowest BCUT2D eigenvalue weighted by Gasteiger charge is -2.20. The molecule has 0 aromatic heterocycles. The second kappa shape index (κ2) is 11.6. The van der Waals surface area contributed by atoms with E-state index in [0.717, 1.165) is 6.54 Å². The molecule has 0 aromatic rings. The number of hydrogen-bond acceptors (Lipinski definition) is 2. The molecule has 0 heterocycles. The zero-order valence-corrected chi connectivity index (χ0v) is 14.4. The van der Waals surface area contributed by atoms with Gasteiger partial charge in [-0.1, -0.05) is 13.8 Å². The third kappa shape index (κ3) is 9.49. The van der Waals surface area contributed by atoms with E-state index in [1.807, 2.05) is 13.8 Å². The predicted octanol–water partition coefficient (Wildman–Crippen LogP) is 1.34. The molecule has 3 N–H and O–H groups in total. The summed E-state index contributed by atoms with van der Waals surface area (Å²) >= 11 is 0. The second-order valence-corrected chi connectivity index (χ2v) is 4.33. The summed E-state index contributed by atoms with van der Waals surface area (Å²) in [6.45, 7) is 11.9. The quantitative estimate of drug-likeness (QED) is 0.376. The highest BCUT2D eigenvalue weighted by Crippen LogP contribution is 1.98. The zero-order chi connectivity index (χ0) is 13.3. The molecule has 0 aromatic carbocycles. The van der Waals surface area contributed by atoms with Crippen molar-refractivity contribution in [3.63, 3.8) is 0 Å². The summed E-state index contributed by atoms with van der Waals surface area (Å²) in [7, 11) is 0. The van der Waals surface area contributed by atoms with Crippen molar-refractivity contribution in [2.75, 3.05) is 19.6 Å². The van der Waals surface area contributed by atoms with Crippen molar-refractivity contribution in [2.24, 2.45) is 10.9 Å². The fourth-order valence-electron chi connectivity index (χ4n) is 1.11. The molecule has 0 spiro atoms. The molecule has 0 rings (SSSR count). The average molecular weight is 370 g/mol. The van der Waals surface area contributed by atoms with E-state index < -0.39 is 0 Å². The maximum Gasteiger partial charge on any atom is 0.241 e. The van der Waals surface area contributed by atoms with Gasteiger partial charge in [-0.05, 0) is 26.7 Å². The Balaban J connectivity index is 0. The first kappa shape index (κ1) is 19.8. The summed E-state index contributed by atoms with van der Waals surface area (Å²) in [6, 6.07) is 0.321. The van der Waals surface area contributed by atoms with Crippen molar-refractivity contribution in [3.8, 4) is 0 Å². The first-order valence-corrected chi connectivity index (χ1v) is 6.32. The first-order valence-electron chi connectivity index (χ1n) is 6.32. The Bertz CT molecular complexity index is 256. The topological polar surface area (TPSA) is 65.5 Å². The highest BCUT2D eigenvalue weighted by molar-refractivity contribution is 14.0. The summed E-state index contributed by atoms with van der Waals surface area (Å²) in [5.41, 5.74) is 0. The van der Waals surface area contributed by atoms with Gasteiger partial charge in [0, 0.05) is 19.1 Å². The predicted molar refractivity (Wildman–Crippen MR) is 87.5 cm³/mol. The maximum absolute atomic E-state index is 11.3. The smallest absolute Gasteiger partial charge is 0.241 e. The van der Waals surface area contributed by atoms with Gasteiger partial charge in [-0.25, -0.2) is 4.99 Å². The Kier molecular flexibility index (Phi) is 12.7. The van der Waals surface area contributed by atoms with Crippen LogP contribution in [0.1, 0.15) is 34.6 Å². The number of carbonyl (C=O) groups is 1. The fraction of sp³-hybridized carbons (Fsp3) is 0.833. The standard InChI is InChI=1S/C12H26N4O.HI/c1-6-13-11(17)8-15-12(14-7-2)16-10(5)9(3)4;/h9-10H,6-8H2,1-5H3,(H,13,17)(H2,14,15,16);1H. The van der Waals surface area contributed by atoms with Crippen molar-refractivity contribution in [3.05, 3.63) is 0 Å². The van der Waals surface area contributed by atoms with Crippen molar-refractivity contribution >= 4 is 35.8 Å². The lowest BCUT2D eigenvalue weighted by Crippen LogP contribution is -2.44. The number of hydrogen-bond donors (Lipinski definition) is 3. The number of guanidine groups is 1. The molecule has 108 valence electrons. The number of likely N-dealkylation sites (N-methyl/N-ethyl adjacent to an activating group) is 1. The van der Waals surface area contributed by atoms with Gasteiger partial charge in [-0.15, -0.1) is 24.0 Å². The zero-order valence-electron chi connectivity index (χ0n) is 12.0. The van der Waals surface area contributed by atoms with Gasteiger partial charge < -0.3 is 16.0 Å². The Morgan fingerprint density at radius 3 is 2.11 bits per heavy atom. The Labute approximate surface area is 128 Å². The molecule has 0 bridgehead atoms. The molecule has 5 nitrogen and oxygen atoms in total. The molecule has 0 aliphatic heterocycles. The van der Waals surface area contributed by atoms with Crippen LogP contribution >= 0.6 is 24.0 Å². The Hall–Kier alpha value is -0.530. The van der Waals surface area contributed by atoms with Crippen LogP contribution < -0.4 is 16.0 Å². The van der Waals surface area contributed by atoms with Crippen LogP contribution in [0.25, 0.3) is 0 Å². The van der Waals surface area contributed by atoms with Crippen LogP contribution in [0.2, 0.25) is 0 Å². The van der Waals surface area contributed by atoms with Crippen molar-refractivity contribution in [1.29, 1.82) is 0 Å². The maximum atomic E-state index is 11.3. The van der Waals surface area contributed by atoms with Crippen LogP contribution in [0.15, 0.2) is 4.99 Å². The lowest BCUT2D eigenvalue weighted by atomic mass is 10.1. The molecule has 0 saturated heterocycles. The van der Waals surface area contributed by atoms with Gasteiger partial charge in [0.25, 0.3) is 0 Å². The molecule has 6 heteroatoms. The lowest BCUT2D eigenvalue weighted by molar-refractivity contribution is -0.119. The number of nitrogens with zero attached hydrogens (tertiary/aromatic N) is 1. The molecule has 0 radical (unpaired) electrons. The van der Waals surface area contributed by atoms with Crippen LogP contribution in [-0.4, -0.2) is 37.5 Å². The highest BCUT2D eigenvalue weighted by atomic mass is 127. The number of rotatable bonds is 6. The molecule has 0 aliphatic carbocycles. The van der Waals surface area contributed by atoms with E-state index in [9.17, 15) is 4.79 Å². The van der Waals surface area contributed by atoms with Crippen molar-refractivity contribution in [2.45, 2.75) is 40.7 Å². The molecule has 0 saturated carbocycles. The molecular weight excluding hydrogens is 343 g/mol. The van der Waals surface area contributed by atoms with Gasteiger partial charge >= 0.3 is 0 Å². The summed E-state index contributed by atoms with van der Waals surface area (Å²) in [4.78, 5) is 15.5. The first-order chi connectivity index (χ1) is 8.01. The van der Waals surface area contributed by atoms with Gasteiger partial charge in [-0.3, -0.25) is 4.79 Å². The largest absolute Gasteiger partial charge is 0.357 e. The van der Waals surface area contributed by atoms with E-state index >= 15 is 0 Å². The molecule has 1 amide bonds. The van der Waals surface area contributed by atoms with E-state index in [2.05, 4.69) is 41.7 Å². The summed E-state index contributed by atoms with van der Waals surface area (Å²) in [5.74, 6) is 1.16. The van der Waals surface area contributed by atoms with Crippen molar-refractivity contribution < 1.29 is 4.79 Å². The number of nitrogens with one attached hydrogen (secondary N) is 3. The van der Waals surface area contributed by atoms with Gasteiger partial charge in [0.15, 0.2) is 5.96 Å². The third-order valence-electron chi connectivity index (χ3n) is 2.46. The fourth-order valence-corrected chi connectivity index (χ4v) is 1.11. The van der Waals surface area contributed by atoms with Crippen LogP contribution in [0.5, 0.6) is 0 Å². The number of carbonyl (C=O) groups excluding carboxylic acids is 1. The number of amides is 1. The van der Waals surface area contributed by atoms with Crippen LogP contribution in [0.3, 0.4) is 0 Å². The molecular formula is C12H27IN4O. The van der Waals surface area contributed by atoms with Crippen molar-refractivity contribution in [1.82, 2.24) is 16.0 Å². The number of halogens is 1. The molecule has 0 aliphatic rings. The van der Waals surface area contributed by atoms with Crippen LogP contribution in [0.4, 0.5) is 0 Å². The average Bonchev–Trinajstić information content (AvgIpc) is 2.26. The summed E-state index contributed by atoms with van der Waals surface area (Å²) in [5, 5.41) is 9.12. The van der Waals surface area contributed by atoms with E-state index in [1.165, 1.54) is 0 Å². The monoisotopic (exact) mass is 370 g/mol. The van der Waals surface area contributed by atoms with E-state index in [1.54, 1.807) is 0 Å². The van der Waals surface area contributed by atoms with E-state index in [0.29, 0.717) is 24.5 Å². The second-order valence-electron chi connectivity index (χ2n) is 4.33.